The van der Waals surface area contributed by atoms with Crippen molar-refractivity contribution in [3.8, 4) is 22.3 Å². The Balaban J connectivity index is 1.92. The van der Waals surface area contributed by atoms with Crippen LogP contribution in [0.15, 0.2) is 66.7 Å². The molecule has 0 saturated heterocycles. The number of hydrogen-bond acceptors (Lipinski definition) is 4. The van der Waals surface area contributed by atoms with Gasteiger partial charge in [-0.05, 0) is 64.1 Å². The predicted octanol–water partition coefficient (Wildman–Crippen LogP) is 6.50. The third-order valence-electron chi connectivity index (χ3n) is 4.92. The SMILES string of the molecule is COC(=O)Nc1ccc(-c2cc(-c3ccc(NC(=O)OC)cc3)cc(C(C)C)c2)cc1. The van der Waals surface area contributed by atoms with E-state index >= 15 is 0 Å². The van der Waals surface area contributed by atoms with Crippen molar-refractivity contribution >= 4 is 23.6 Å². The maximum Gasteiger partial charge on any atom is 0.411 e. The number of hydrogen-bond donors (Lipinski definition) is 2. The van der Waals surface area contributed by atoms with Crippen LogP contribution in [-0.2, 0) is 9.47 Å². The zero-order chi connectivity index (χ0) is 22.4. The van der Waals surface area contributed by atoms with Gasteiger partial charge in [-0.2, -0.15) is 0 Å². The minimum Gasteiger partial charge on any atom is -0.453 e. The predicted molar refractivity (Wildman–Crippen MR) is 123 cm³/mol. The molecule has 31 heavy (non-hydrogen) atoms. The Hall–Kier alpha value is -3.80. The van der Waals surface area contributed by atoms with Crippen LogP contribution < -0.4 is 10.6 Å². The molecule has 0 saturated carbocycles. The molecule has 0 fully saturated rings. The molecule has 0 aliphatic rings. The van der Waals surface area contributed by atoms with Crippen LogP contribution in [0.3, 0.4) is 0 Å². The highest BCUT2D eigenvalue weighted by atomic mass is 16.5. The highest BCUT2D eigenvalue weighted by Crippen LogP contribution is 2.32. The second-order valence-electron chi connectivity index (χ2n) is 7.39. The van der Waals surface area contributed by atoms with E-state index in [0.717, 1.165) is 22.3 Å². The van der Waals surface area contributed by atoms with Crippen molar-refractivity contribution in [3.05, 3.63) is 72.3 Å². The summed E-state index contributed by atoms with van der Waals surface area (Å²) in [6.45, 7) is 4.32. The lowest BCUT2D eigenvalue weighted by atomic mass is 9.92. The third-order valence-corrected chi connectivity index (χ3v) is 4.92. The number of ether oxygens (including phenoxy) is 2. The Morgan fingerprint density at radius 2 is 1.03 bits per heavy atom. The fourth-order valence-corrected chi connectivity index (χ4v) is 3.15. The summed E-state index contributed by atoms with van der Waals surface area (Å²) >= 11 is 0. The van der Waals surface area contributed by atoms with E-state index in [1.54, 1.807) is 0 Å². The van der Waals surface area contributed by atoms with Crippen molar-refractivity contribution < 1.29 is 19.1 Å². The average Bonchev–Trinajstić information content (AvgIpc) is 2.79. The summed E-state index contributed by atoms with van der Waals surface area (Å²) < 4.78 is 9.26. The van der Waals surface area contributed by atoms with Crippen LogP contribution in [0.5, 0.6) is 0 Å². The van der Waals surface area contributed by atoms with Crippen molar-refractivity contribution in [1.82, 2.24) is 0 Å². The van der Waals surface area contributed by atoms with Crippen molar-refractivity contribution in [1.29, 1.82) is 0 Å². The molecule has 2 N–H and O–H groups in total. The first-order valence-corrected chi connectivity index (χ1v) is 9.95. The maximum absolute atomic E-state index is 11.4. The molecule has 0 heterocycles. The van der Waals surface area contributed by atoms with Gasteiger partial charge in [0.25, 0.3) is 0 Å². The van der Waals surface area contributed by atoms with E-state index in [1.807, 2.05) is 48.5 Å². The van der Waals surface area contributed by atoms with Crippen LogP contribution in [0.25, 0.3) is 22.3 Å². The Kier molecular flexibility index (Phi) is 6.92. The van der Waals surface area contributed by atoms with Crippen LogP contribution in [0.4, 0.5) is 21.0 Å². The second kappa shape index (κ2) is 9.80. The summed E-state index contributed by atoms with van der Waals surface area (Å²) in [7, 11) is 2.67. The van der Waals surface area contributed by atoms with Gasteiger partial charge >= 0.3 is 12.2 Å². The van der Waals surface area contributed by atoms with Crippen LogP contribution >= 0.6 is 0 Å². The number of rotatable bonds is 5. The normalized spacial score (nSPS) is 10.5. The minimum absolute atomic E-state index is 0.360. The Labute approximate surface area is 182 Å². The van der Waals surface area contributed by atoms with Crippen molar-refractivity contribution in [2.24, 2.45) is 0 Å². The fraction of sp³-hybridized carbons (Fsp3) is 0.200. The molecule has 0 aliphatic carbocycles. The summed E-state index contributed by atoms with van der Waals surface area (Å²) in [4.78, 5) is 22.8. The van der Waals surface area contributed by atoms with Gasteiger partial charge in [0.05, 0.1) is 14.2 Å². The number of nitrogens with one attached hydrogen (secondary N) is 2. The van der Waals surface area contributed by atoms with Crippen LogP contribution in [0.1, 0.15) is 25.3 Å². The van der Waals surface area contributed by atoms with Gasteiger partial charge in [0, 0.05) is 11.4 Å². The number of anilines is 2. The van der Waals surface area contributed by atoms with Crippen molar-refractivity contribution in [3.63, 3.8) is 0 Å². The van der Waals surface area contributed by atoms with E-state index in [-0.39, 0.29) is 0 Å². The summed E-state index contributed by atoms with van der Waals surface area (Å²) in [5.41, 5.74) is 6.83. The van der Waals surface area contributed by atoms with Crippen LogP contribution in [0.2, 0.25) is 0 Å². The number of amides is 2. The Morgan fingerprint density at radius 3 is 1.35 bits per heavy atom. The summed E-state index contributed by atoms with van der Waals surface area (Å²) in [6.07, 6.45) is -0.996. The van der Waals surface area contributed by atoms with Gasteiger partial charge in [0.1, 0.15) is 0 Å². The maximum atomic E-state index is 11.4. The topological polar surface area (TPSA) is 76.7 Å². The van der Waals surface area contributed by atoms with E-state index in [1.165, 1.54) is 19.8 Å². The van der Waals surface area contributed by atoms with Gasteiger partial charge in [0.15, 0.2) is 0 Å². The monoisotopic (exact) mass is 418 g/mol. The molecule has 3 rings (SSSR count). The number of benzene rings is 3. The lowest BCUT2D eigenvalue weighted by Gasteiger charge is -2.14. The standard InChI is InChI=1S/C25H26N2O4/c1-16(2)19-13-20(17-5-9-22(10-6-17)26-24(28)30-3)15-21(14-19)18-7-11-23(12-8-18)27-25(29)31-4/h5-16H,1-4H3,(H,26,28)(H,27,29). The molecule has 0 spiro atoms. The first-order chi connectivity index (χ1) is 14.9. The molecule has 0 unspecified atom stereocenters. The average molecular weight is 418 g/mol. The lowest BCUT2D eigenvalue weighted by molar-refractivity contribution is 0.186. The highest BCUT2D eigenvalue weighted by Gasteiger charge is 2.09. The molecule has 2 amide bonds. The largest absolute Gasteiger partial charge is 0.453 e. The molecule has 0 aromatic heterocycles. The van der Waals surface area contributed by atoms with E-state index in [0.29, 0.717) is 17.3 Å². The quantitative estimate of drug-likeness (QED) is 0.496. The van der Waals surface area contributed by atoms with Gasteiger partial charge in [0.2, 0.25) is 0 Å². The summed E-state index contributed by atoms with van der Waals surface area (Å²) in [5, 5.41) is 5.32. The van der Waals surface area contributed by atoms with E-state index < -0.39 is 12.2 Å². The lowest BCUT2D eigenvalue weighted by Crippen LogP contribution is -2.10. The molecule has 0 bridgehead atoms. The molecule has 3 aromatic carbocycles. The summed E-state index contributed by atoms with van der Waals surface area (Å²) in [6, 6.07) is 21.8. The second-order valence-corrected chi connectivity index (χ2v) is 7.39. The molecular weight excluding hydrogens is 392 g/mol. The molecular formula is C25H26N2O4. The van der Waals surface area contributed by atoms with Crippen LogP contribution in [-0.4, -0.2) is 26.4 Å². The first kappa shape index (κ1) is 21.9. The van der Waals surface area contributed by atoms with E-state index in [9.17, 15) is 9.59 Å². The molecule has 0 aliphatic heterocycles. The van der Waals surface area contributed by atoms with Crippen molar-refractivity contribution in [2.75, 3.05) is 24.9 Å². The van der Waals surface area contributed by atoms with Gasteiger partial charge in [-0.3, -0.25) is 10.6 Å². The molecule has 6 nitrogen and oxygen atoms in total. The zero-order valence-electron chi connectivity index (χ0n) is 18.1. The fourth-order valence-electron chi connectivity index (χ4n) is 3.15. The Bertz CT molecular complexity index is 978. The first-order valence-electron chi connectivity index (χ1n) is 9.95. The molecule has 0 atom stereocenters. The Morgan fingerprint density at radius 1 is 0.645 bits per heavy atom. The van der Waals surface area contributed by atoms with Gasteiger partial charge in [-0.25, -0.2) is 9.59 Å². The highest BCUT2D eigenvalue weighted by molar-refractivity contribution is 5.86. The minimum atomic E-state index is -0.498. The van der Waals surface area contributed by atoms with Crippen LogP contribution in [0, 0.1) is 0 Å². The molecule has 3 aromatic rings. The molecule has 0 radical (unpaired) electrons. The van der Waals surface area contributed by atoms with Gasteiger partial charge in [-0.15, -0.1) is 0 Å². The van der Waals surface area contributed by atoms with Gasteiger partial charge < -0.3 is 9.47 Å². The number of carbonyl (C=O) groups is 2. The van der Waals surface area contributed by atoms with Gasteiger partial charge in [-0.1, -0.05) is 50.2 Å². The number of methoxy groups -OCH3 is 2. The smallest absolute Gasteiger partial charge is 0.411 e. The summed E-state index contributed by atoms with van der Waals surface area (Å²) in [5.74, 6) is 0.360. The molecule has 6 heteroatoms. The zero-order valence-corrected chi connectivity index (χ0v) is 18.1. The van der Waals surface area contributed by atoms with E-state index in [4.69, 9.17) is 0 Å². The van der Waals surface area contributed by atoms with Crippen molar-refractivity contribution in [2.45, 2.75) is 19.8 Å². The molecule has 160 valence electrons. The third kappa shape index (κ3) is 5.63. The van der Waals surface area contributed by atoms with E-state index in [2.05, 4.69) is 52.2 Å². The number of carbonyl (C=O) groups excluding carboxylic acids is 2.